The first-order chi connectivity index (χ1) is 11.4. The molecule has 2 aromatic rings. The molecule has 2 N–H and O–H groups in total. The van der Waals surface area contributed by atoms with Crippen LogP contribution in [0.1, 0.15) is 6.42 Å². The Morgan fingerprint density at radius 3 is 2.58 bits per heavy atom. The lowest BCUT2D eigenvalue weighted by molar-refractivity contribution is -0.116. The van der Waals surface area contributed by atoms with Gasteiger partial charge in [0, 0.05) is 18.7 Å². The lowest BCUT2D eigenvalue weighted by Gasteiger charge is -2.10. The standard InChI is InChI=1S/C16H14ClF3N2O2/c1-24-13-5-2-9(8-10(13)17)21-7-6-14(23)22-12-4-3-11(18)15(19)16(12)20/h2-5,8,21H,6-7H2,1H3,(H,22,23). The third-order valence-corrected chi connectivity index (χ3v) is 3.44. The van der Waals surface area contributed by atoms with Gasteiger partial charge in [-0.05, 0) is 30.3 Å². The largest absolute Gasteiger partial charge is 0.495 e. The molecule has 0 aromatic heterocycles. The van der Waals surface area contributed by atoms with Crippen molar-refractivity contribution >= 4 is 28.9 Å². The second-order valence-corrected chi connectivity index (χ2v) is 5.20. The maximum absolute atomic E-state index is 13.5. The molecule has 0 aliphatic carbocycles. The van der Waals surface area contributed by atoms with Crippen molar-refractivity contribution in [3.63, 3.8) is 0 Å². The molecular weight excluding hydrogens is 345 g/mol. The molecule has 2 aromatic carbocycles. The first-order valence-electron chi connectivity index (χ1n) is 6.93. The van der Waals surface area contributed by atoms with Crippen molar-refractivity contribution in [1.29, 1.82) is 0 Å². The molecule has 4 nitrogen and oxygen atoms in total. The molecule has 0 aliphatic rings. The molecule has 0 saturated heterocycles. The summed E-state index contributed by atoms with van der Waals surface area (Å²) in [5.74, 6) is -4.40. The second kappa shape index (κ2) is 7.92. The van der Waals surface area contributed by atoms with Gasteiger partial charge in [-0.15, -0.1) is 0 Å². The summed E-state index contributed by atoms with van der Waals surface area (Å²) in [6.45, 7) is 0.236. The zero-order valence-corrected chi connectivity index (χ0v) is 13.4. The van der Waals surface area contributed by atoms with E-state index in [2.05, 4.69) is 10.6 Å². The van der Waals surface area contributed by atoms with Gasteiger partial charge in [0.15, 0.2) is 17.5 Å². The van der Waals surface area contributed by atoms with E-state index in [4.69, 9.17) is 16.3 Å². The third kappa shape index (κ3) is 4.32. The molecule has 0 radical (unpaired) electrons. The SMILES string of the molecule is COc1ccc(NCCC(=O)Nc2ccc(F)c(F)c2F)cc1Cl. The number of methoxy groups -OCH3 is 1. The molecule has 0 unspecified atom stereocenters. The van der Waals surface area contributed by atoms with E-state index >= 15 is 0 Å². The summed E-state index contributed by atoms with van der Waals surface area (Å²) in [6, 6.07) is 6.72. The number of hydrogen-bond donors (Lipinski definition) is 2. The average molecular weight is 359 g/mol. The van der Waals surface area contributed by atoms with Crippen LogP contribution >= 0.6 is 11.6 Å². The van der Waals surface area contributed by atoms with Crippen LogP contribution in [0.4, 0.5) is 24.5 Å². The zero-order valence-electron chi connectivity index (χ0n) is 12.6. The molecule has 8 heteroatoms. The van der Waals surface area contributed by atoms with Gasteiger partial charge >= 0.3 is 0 Å². The van der Waals surface area contributed by atoms with Crippen molar-refractivity contribution in [2.75, 3.05) is 24.3 Å². The van der Waals surface area contributed by atoms with E-state index in [-0.39, 0.29) is 13.0 Å². The zero-order chi connectivity index (χ0) is 17.7. The Labute approximate surface area is 141 Å². The van der Waals surface area contributed by atoms with E-state index in [1.165, 1.54) is 7.11 Å². The number of rotatable bonds is 6. The van der Waals surface area contributed by atoms with Gasteiger partial charge in [0.2, 0.25) is 5.91 Å². The van der Waals surface area contributed by atoms with Gasteiger partial charge in [-0.1, -0.05) is 11.6 Å². The topological polar surface area (TPSA) is 50.4 Å². The number of anilines is 2. The van der Waals surface area contributed by atoms with E-state index in [0.29, 0.717) is 16.5 Å². The Bertz CT molecular complexity index is 756. The normalized spacial score (nSPS) is 10.4. The van der Waals surface area contributed by atoms with Crippen molar-refractivity contribution in [2.45, 2.75) is 6.42 Å². The molecule has 0 atom stereocenters. The van der Waals surface area contributed by atoms with Gasteiger partial charge < -0.3 is 15.4 Å². The summed E-state index contributed by atoms with van der Waals surface area (Å²) in [4.78, 5) is 11.7. The highest BCUT2D eigenvalue weighted by molar-refractivity contribution is 6.32. The molecule has 0 saturated carbocycles. The Morgan fingerprint density at radius 1 is 1.17 bits per heavy atom. The number of amides is 1. The molecule has 1 amide bonds. The van der Waals surface area contributed by atoms with Crippen LogP contribution in [0.25, 0.3) is 0 Å². The smallest absolute Gasteiger partial charge is 0.226 e. The average Bonchev–Trinajstić information content (AvgIpc) is 2.55. The minimum absolute atomic E-state index is 0.0118. The van der Waals surface area contributed by atoms with Gasteiger partial charge in [-0.2, -0.15) is 0 Å². The number of hydrogen-bond acceptors (Lipinski definition) is 3. The highest BCUT2D eigenvalue weighted by Crippen LogP contribution is 2.27. The fourth-order valence-electron chi connectivity index (χ4n) is 1.93. The minimum Gasteiger partial charge on any atom is -0.495 e. The van der Waals surface area contributed by atoms with Crippen LogP contribution < -0.4 is 15.4 Å². The predicted molar refractivity (Wildman–Crippen MR) is 86.1 cm³/mol. The summed E-state index contributed by atoms with van der Waals surface area (Å²) in [5.41, 5.74) is 0.263. The molecule has 0 bridgehead atoms. The van der Waals surface area contributed by atoms with Crippen LogP contribution in [0.3, 0.4) is 0 Å². The number of benzene rings is 2. The van der Waals surface area contributed by atoms with Crippen LogP contribution in [0.5, 0.6) is 5.75 Å². The summed E-state index contributed by atoms with van der Waals surface area (Å²) in [7, 11) is 1.50. The molecular formula is C16H14ClF3N2O2. The quantitative estimate of drug-likeness (QED) is 0.761. The van der Waals surface area contributed by atoms with Crippen LogP contribution in [0.15, 0.2) is 30.3 Å². The highest BCUT2D eigenvalue weighted by Gasteiger charge is 2.15. The molecule has 128 valence electrons. The maximum atomic E-state index is 13.5. The molecule has 0 fully saturated rings. The Morgan fingerprint density at radius 2 is 1.92 bits per heavy atom. The maximum Gasteiger partial charge on any atom is 0.226 e. The highest BCUT2D eigenvalue weighted by atomic mass is 35.5. The molecule has 0 heterocycles. The molecule has 2 rings (SSSR count). The van der Waals surface area contributed by atoms with Crippen molar-refractivity contribution in [3.05, 3.63) is 52.8 Å². The number of carbonyl (C=O) groups is 1. The van der Waals surface area contributed by atoms with Crippen molar-refractivity contribution in [1.82, 2.24) is 0 Å². The Hall–Kier alpha value is -2.41. The fourth-order valence-corrected chi connectivity index (χ4v) is 2.19. The Kier molecular flexibility index (Phi) is 5.92. The van der Waals surface area contributed by atoms with E-state index in [1.807, 2.05) is 0 Å². The van der Waals surface area contributed by atoms with Gasteiger partial charge in [-0.25, -0.2) is 13.2 Å². The monoisotopic (exact) mass is 358 g/mol. The number of ether oxygens (including phenoxy) is 1. The molecule has 0 aliphatic heterocycles. The van der Waals surface area contributed by atoms with E-state index in [9.17, 15) is 18.0 Å². The van der Waals surface area contributed by atoms with E-state index in [1.54, 1.807) is 18.2 Å². The first-order valence-corrected chi connectivity index (χ1v) is 7.31. The summed E-state index contributed by atoms with van der Waals surface area (Å²) >= 11 is 5.97. The van der Waals surface area contributed by atoms with Crippen LogP contribution in [0, 0.1) is 17.5 Å². The second-order valence-electron chi connectivity index (χ2n) is 4.80. The fraction of sp³-hybridized carbons (Fsp3) is 0.188. The number of carbonyl (C=O) groups excluding carboxylic acids is 1. The van der Waals surface area contributed by atoms with Gasteiger partial charge in [0.25, 0.3) is 0 Å². The van der Waals surface area contributed by atoms with Crippen molar-refractivity contribution < 1.29 is 22.7 Å². The Balaban J connectivity index is 1.88. The number of halogens is 4. The van der Waals surface area contributed by atoms with Crippen LogP contribution in [0.2, 0.25) is 5.02 Å². The third-order valence-electron chi connectivity index (χ3n) is 3.14. The summed E-state index contributed by atoms with van der Waals surface area (Å²) < 4.78 is 44.4. The minimum atomic E-state index is -1.63. The molecule has 0 spiro atoms. The van der Waals surface area contributed by atoms with Crippen molar-refractivity contribution in [3.8, 4) is 5.75 Å². The van der Waals surface area contributed by atoms with Crippen molar-refractivity contribution in [2.24, 2.45) is 0 Å². The number of nitrogens with one attached hydrogen (secondary N) is 2. The van der Waals surface area contributed by atoms with E-state index < -0.39 is 29.0 Å². The first kappa shape index (κ1) is 17.9. The lowest BCUT2D eigenvalue weighted by atomic mass is 10.2. The summed E-state index contributed by atoms with van der Waals surface area (Å²) in [5, 5.41) is 5.56. The van der Waals surface area contributed by atoms with E-state index in [0.717, 1.165) is 12.1 Å². The van der Waals surface area contributed by atoms with Crippen LogP contribution in [-0.2, 0) is 4.79 Å². The summed E-state index contributed by atoms with van der Waals surface area (Å²) in [6.07, 6.45) is -0.0118. The molecule has 24 heavy (non-hydrogen) atoms. The van der Waals surface area contributed by atoms with Gasteiger partial charge in [0.1, 0.15) is 5.75 Å². The van der Waals surface area contributed by atoms with Crippen LogP contribution in [-0.4, -0.2) is 19.6 Å². The predicted octanol–water partition coefficient (Wildman–Crippen LogP) is 4.21. The van der Waals surface area contributed by atoms with Gasteiger partial charge in [-0.3, -0.25) is 4.79 Å². The lowest BCUT2D eigenvalue weighted by Crippen LogP contribution is -2.17. The van der Waals surface area contributed by atoms with Gasteiger partial charge in [0.05, 0.1) is 17.8 Å².